The predicted molar refractivity (Wildman–Crippen MR) is 97.2 cm³/mol. The highest BCUT2D eigenvalue weighted by Crippen LogP contribution is 2.20. The minimum Gasteiger partial charge on any atom is -0.383 e. The topological polar surface area (TPSA) is 51.8 Å². The lowest BCUT2D eigenvalue weighted by atomic mass is 10.2. The zero-order valence-electron chi connectivity index (χ0n) is 13.7. The molecule has 0 atom stereocenters. The summed E-state index contributed by atoms with van der Waals surface area (Å²) in [5, 5.41) is 6.48. The van der Waals surface area contributed by atoms with E-state index in [1.54, 1.807) is 36.3 Å². The average molecular weight is 356 g/mol. The molecule has 0 spiro atoms. The summed E-state index contributed by atoms with van der Waals surface area (Å²) in [6, 6.07) is 11.9. The van der Waals surface area contributed by atoms with E-state index in [0.29, 0.717) is 13.2 Å². The van der Waals surface area contributed by atoms with Crippen molar-refractivity contribution in [2.45, 2.75) is 0 Å². The van der Waals surface area contributed by atoms with E-state index in [1.165, 1.54) is 23.5 Å². The van der Waals surface area contributed by atoms with E-state index >= 15 is 0 Å². The fourth-order valence-corrected chi connectivity index (χ4v) is 3.00. The van der Waals surface area contributed by atoms with Gasteiger partial charge in [0.2, 0.25) is 4.80 Å². The number of hydrogen-bond acceptors (Lipinski definition) is 5. The maximum absolute atomic E-state index is 13.2. The summed E-state index contributed by atoms with van der Waals surface area (Å²) in [6.45, 7) is 1.08. The lowest BCUT2D eigenvalue weighted by Crippen LogP contribution is -2.13. The van der Waals surface area contributed by atoms with Crippen LogP contribution in [0.2, 0.25) is 0 Å². The van der Waals surface area contributed by atoms with Gasteiger partial charge in [0.05, 0.1) is 30.8 Å². The van der Waals surface area contributed by atoms with E-state index in [9.17, 15) is 4.39 Å². The third-order valence-electron chi connectivity index (χ3n) is 3.36. The molecule has 5 nitrogen and oxygen atoms in total. The number of halogens is 1. The van der Waals surface area contributed by atoms with Crippen LogP contribution in [-0.4, -0.2) is 36.1 Å². The van der Waals surface area contributed by atoms with E-state index < -0.39 is 0 Å². The highest BCUT2D eigenvalue weighted by molar-refractivity contribution is 7.07. The molecule has 2 aromatic heterocycles. The number of aromatic nitrogens is 2. The molecule has 0 aliphatic carbocycles. The summed E-state index contributed by atoms with van der Waals surface area (Å²) >= 11 is 1.47. The van der Waals surface area contributed by atoms with Gasteiger partial charge in [0.15, 0.2) is 0 Å². The second kappa shape index (κ2) is 8.46. The summed E-state index contributed by atoms with van der Waals surface area (Å²) in [5.74, 6) is -0.271. The molecule has 0 amide bonds. The monoisotopic (exact) mass is 356 g/mol. The second-order valence-electron chi connectivity index (χ2n) is 5.10. The molecular formula is C18H17FN4OS. The van der Waals surface area contributed by atoms with Crippen LogP contribution in [0.15, 0.2) is 64.1 Å². The van der Waals surface area contributed by atoms with Crippen molar-refractivity contribution in [3.63, 3.8) is 0 Å². The van der Waals surface area contributed by atoms with Crippen molar-refractivity contribution in [1.82, 2.24) is 9.66 Å². The van der Waals surface area contributed by atoms with E-state index in [1.807, 2.05) is 23.6 Å². The van der Waals surface area contributed by atoms with Crippen LogP contribution in [0.1, 0.15) is 5.69 Å². The van der Waals surface area contributed by atoms with Crippen molar-refractivity contribution in [3.05, 3.63) is 70.4 Å². The Bertz CT molecular complexity index is 901. The average Bonchev–Trinajstić information content (AvgIpc) is 3.04. The minimum absolute atomic E-state index is 0.271. The van der Waals surface area contributed by atoms with Gasteiger partial charge in [-0.1, -0.05) is 6.07 Å². The fourth-order valence-electron chi connectivity index (χ4n) is 2.14. The smallest absolute Gasteiger partial charge is 0.206 e. The second-order valence-corrected chi connectivity index (χ2v) is 5.93. The molecule has 0 aliphatic heterocycles. The molecule has 2 heterocycles. The van der Waals surface area contributed by atoms with Gasteiger partial charge < -0.3 is 4.74 Å². The van der Waals surface area contributed by atoms with Crippen molar-refractivity contribution < 1.29 is 9.13 Å². The van der Waals surface area contributed by atoms with Crippen LogP contribution in [0.25, 0.3) is 11.3 Å². The third-order valence-corrected chi connectivity index (χ3v) is 4.22. The Kier molecular flexibility index (Phi) is 5.81. The Morgan fingerprint density at radius 2 is 2.08 bits per heavy atom. The summed E-state index contributed by atoms with van der Waals surface area (Å²) in [6.07, 6.45) is 3.39. The molecule has 0 N–H and O–H groups in total. The molecule has 0 fully saturated rings. The molecule has 7 heteroatoms. The molecular weight excluding hydrogens is 339 g/mol. The summed E-state index contributed by atoms with van der Waals surface area (Å²) in [7, 11) is 1.64. The maximum atomic E-state index is 13.2. The quantitative estimate of drug-likeness (QED) is 0.503. The van der Waals surface area contributed by atoms with Gasteiger partial charge in [-0.25, -0.2) is 9.07 Å². The van der Waals surface area contributed by atoms with Crippen molar-refractivity contribution in [1.29, 1.82) is 0 Å². The number of ether oxygens (including phenoxy) is 1. The first-order chi connectivity index (χ1) is 12.3. The van der Waals surface area contributed by atoms with E-state index in [-0.39, 0.29) is 5.82 Å². The van der Waals surface area contributed by atoms with Crippen LogP contribution >= 0.6 is 11.3 Å². The van der Waals surface area contributed by atoms with Crippen LogP contribution in [0.3, 0.4) is 0 Å². The predicted octanol–water partition coefficient (Wildman–Crippen LogP) is 3.18. The molecule has 1 aromatic carbocycles. The largest absolute Gasteiger partial charge is 0.383 e. The number of pyridine rings is 1. The Morgan fingerprint density at radius 1 is 1.24 bits per heavy atom. The molecule has 0 aliphatic rings. The molecule has 0 saturated carbocycles. The third kappa shape index (κ3) is 4.46. The maximum Gasteiger partial charge on any atom is 0.206 e. The standard InChI is InChI=1S/C18H17FN4OS/c1-24-11-10-21-18-23(22-12-16-4-2-3-9-20-16)17(13-25-18)14-5-7-15(19)8-6-14/h2-9,12-13H,10-11H2,1H3/b21-18?,22-12+. The van der Waals surface area contributed by atoms with Gasteiger partial charge in [-0.2, -0.15) is 5.10 Å². The first kappa shape index (κ1) is 17.2. The molecule has 3 rings (SSSR count). The van der Waals surface area contributed by atoms with Crippen molar-refractivity contribution >= 4 is 17.6 Å². The number of benzene rings is 1. The summed E-state index contributed by atoms with van der Waals surface area (Å²) in [5.41, 5.74) is 2.45. The summed E-state index contributed by atoms with van der Waals surface area (Å²) < 4.78 is 20.0. The number of nitrogens with zero attached hydrogens (tertiary/aromatic N) is 4. The van der Waals surface area contributed by atoms with Gasteiger partial charge in [0, 0.05) is 24.3 Å². The van der Waals surface area contributed by atoms with Crippen LogP contribution in [0.5, 0.6) is 0 Å². The van der Waals surface area contributed by atoms with Gasteiger partial charge in [-0.15, -0.1) is 11.3 Å². The van der Waals surface area contributed by atoms with Crippen molar-refractivity contribution in [2.75, 3.05) is 20.3 Å². The molecule has 0 saturated heterocycles. The van der Waals surface area contributed by atoms with Gasteiger partial charge in [0.1, 0.15) is 5.82 Å². The Balaban J connectivity index is 2.02. The van der Waals surface area contributed by atoms with Gasteiger partial charge in [-0.3, -0.25) is 9.98 Å². The lowest BCUT2D eigenvalue weighted by Gasteiger charge is -2.03. The van der Waals surface area contributed by atoms with Crippen molar-refractivity contribution in [3.8, 4) is 11.3 Å². The normalized spacial score (nSPS) is 12.2. The minimum atomic E-state index is -0.271. The lowest BCUT2D eigenvalue weighted by molar-refractivity contribution is 0.207. The van der Waals surface area contributed by atoms with Gasteiger partial charge >= 0.3 is 0 Å². The van der Waals surface area contributed by atoms with E-state index in [2.05, 4.69) is 15.1 Å². The van der Waals surface area contributed by atoms with Gasteiger partial charge in [-0.05, 0) is 36.4 Å². The fraction of sp³-hybridized carbons (Fsp3) is 0.167. The Morgan fingerprint density at radius 3 is 2.80 bits per heavy atom. The molecule has 25 heavy (non-hydrogen) atoms. The van der Waals surface area contributed by atoms with Crippen LogP contribution in [-0.2, 0) is 4.74 Å². The summed E-state index contributed by atoms with van der Waals surface area (Å²) in [4.78, 5) is 9.50. The molecule has 0 unspecified atom stereocenters. The first-order valence-corrected chi connectivity index (χ1v) is 8.57. The van der Waals surface area contributed by atoms with Gasteiger partial charge in [0.25, 0.3) is 0 Å². The van der Waals surface area contributed by atoms with E-state index in [0.717, 1.165) is 21.8 Å². The highest BCUT2D eigenvalue weighted by atomic mass is 32.1. The molecule has 0 bridgehead atoms. The van der Waals surface area contributed by atoms with Crippen LogP contribution in [0, 0.1) is 5.82 Å². The molecule has 128 valence electrons. The number of rotatable bonds is 6. The number of hydrogen-bond donors (Lipinski definition) is 0. The van der Waals surface area contributed by atoms with Crippen LogP contribution < -0.4 is 4.80 Å². The molecule has 0 radical (unpaired) electrons. The SMILES string of the molecule is COCCN=c1scc(-c2ccc(F)cc2)n1/N=C/c1ccccn1. The first-order valence-electron chi connectivity index (χ1n) is 7.69. The number of thiazole rings is 1. The number of methoxy groups -OCH3 is 1. The highest BCUT2D eigenvalue weighted by Gasteiger charge is 2.07. The molecule has 3 aromatic rings. The van der Waals surface area contributed by atoms with E-state index in [4.69, 9.17) is 4.74 Å². The zero-order chi connectivity index (χ0) is 17.5. The zero-order valence-corrected chi connectivity index (χ0v) is 14.5. The van der Waals surface area contributed by atoms with Crippen LogP contribution in [0.4, 0.5) is 4.39 Å². The van der Waals surface area contributed by atoms with Crippen molar-refractivity contribution in [2.24, 2.45) is 10.1 Å². The Labute approximate surface area is 148 Å². The Hall–Kier alpha value is -2.64.